The molecule has 10 heavy (non-hydrogen) atoms. The molecule has 0 amide bonds. The minimum atomic E-state index is 0.642. The molecule has 1 aliphatic rings. The van der Waals surface area contributed by atoms with E-state index in [4.69, 9.17) is 0 Å². The molecule has 0 saturated carbocycles. The zero-order chi connectivity index (χ0) is 7.23. The molecule has 0 N–H and O–H groups in total. The van der Waals surface area contributed by atoms with E-state index in [1.807, 2.05) is 0 Å². The summed E-state index contributed by atoms with van der Waals surface area (Å²) >= 11 is 0. The first kappa shape index (κ1) is 7.33. The zero-order valence-electron chi connectivity index (χ0n) is 6.46. The van der Waals surface area contributed by atoms with Gasteiger partial charge in [0, 0.05) is 0 Å². The lowest BCUT2D eigenvalue weighted by atomic mass is 10.1. The smallest absolute Gasteiger partial charge is 0.00190 e. The molecular formula is C10H14. The Hall–Kier alpha value is -0.780. The summed E-state index contributed by atoms with van der Waals surface area (Å²) in [7, 11) is 0. The summed E-state index contributed by atoms with van der Waals surface area (Å²) in [4.78, 5) is 0. The van der Waals surface area contributed by atoms with Crippen LogP contribution in [0.1, 0.15) is 19.8 Å². The second kappa shape index (κ2) is 4.10. The van der Waals surface area contributed by atoms with E-state index in [1.54, 1.807) is 0 Å². The SMILES string of the molecule is C/C=C/[C@@H]1C=CCC=CC1. The number of rotatable bonds is 1. The largest absolute Gasteiger partial charge is 0.0911 e. The zero-order valence-corrected chi connectivity index (χ0v) is 6.46. The van der Waals surface area contributed by atoms with Crippen molar-refractivity contribution in [2.75, 3.05) is 0 Å². The van der Waals surface area contributed by atoms with E-state index in [0.717, 1.165) is 6.42 Å². The number of hydrogen-bond acceptors (Lipinski definition) is 0. The van der Waals surface area contributed by atoms with Gasteiger partial charge in [-0.2, -0.15) is 0 Å². The first-order valence-electron chi connectivity index (χ1n) is 3.88. The normalized spacial score (nSPS) is 25.5. The van der Waals surface area contributed by atoms with Crippen molar-refractivity contribution in [1.29, 1.82) is 0 Å². The molecule has 0 heteroatoms. The Morgan fingerprint density at radius 2 is 2.20 bits per heavy atom. The molecule has 0 aliphatic heterocycles. The van der Waals surface area contributed by atoms with Crippen LogP contribution in [0.15, 0.2) is 36.5 Å². The van der Waals surface area contributed by atoms with Crippen LogP contribution >= 0.6 is 0 Å². The second-order valence-electron chi connectivity index (χ2n) is 2.56. The fraction of sp³-hybridized carbons (Fsp3) is 0.400. The Bertz CT molecular complexity index is 161. The highest BCUT2D eigenvalue weighted by molar-refractivity contribution is 5.08. The van der Waals surface area contributed by atoms with E-state index < -0.39 is 0 Å². The summed E-state index contributed by atoms with van der Waals surface area (Å²) in [6.45, 7) is 2.07. The summed E-state index contributed by atoms with van der Waals surface area (Å²) in [5.41, 5.74) is 0. The first-order chi connectivity index (χ1) is 4.93. The van der Waals surface area contributed by atoms with E-state index >= 15 is 0 Å². The lowest BCUT2D eigenvalue weighted by molar-refractivity contribution is 0.834. The van der Waals surface area contributed by atoms with Crippen molar-refractivity contribution in [3.63, 3.8) is 0 Å². The van der Waals surface area contributed by atoms with Crippen LogP contribution in [0.5, 0.6) is 0 Å². The summed E-state index contributed by atoms with van der Waals surface area (Å²) in [6.07, 6.45) is 15.6. The summed E-state index contributed by atoms with van der Waals surface area (Å²) in [6, 6.07) is 0. The third-order valence-corrected chi connectivity index (χ3v) is 1.67. The van der Waals surface area contributed by atoms with Crippen LogP contribution in [-0.4, -0.2) is 0 Å². The van der Waals surface area contributed by atoms with Gasteiger partial charge in [-0.25, -0.2) is 0 Å². The maximum Gasteiger partial charge on any atom is -0.00190 e. The van der Waals surface area contributed by atoms with E-state index in [1.165, 1.54) is 6.42 Å². The molecule has 0 nitrogen and oxygen atoms in total. The fourth-order valence-corrected chi connectivity index (χ4v) is 1.15. The van der Waals surface area contributed by atoms with Gasteiger partial charge in [0.2, 0.25) is 0 Å². The van der Waals surface area contributed by atoms with Gasteiger partial charge in [0.25, 0.3) is 0 Å². The Balaban J connectivity index is 2.51. The van der Waals surface area contributed by atoms with Crippen LogP contribution in [-0.2, 0) is 0 Å². The van der Waals surface area contributed by atoms with Crippen LogP contribution in [0.2, 0.25) is 0 Å². The van der Waals surface area contributed by atoms with Crippen molar-refractivity contribution in [2.24, 2.45) is 5.92 Å². The first-order valence-corrected chi connectivity index (χ1v) is 3.88. The molecule has 0 saturated heterocycles. The Kier molecular flexibility index (Phi) is 3.01. The molecule has 1 aliphatic carbocycles. The molecule has 1 rings (SSSR count). The molecule has 0 aromatic heterocycles. The fourth-order valence-electron chi connectivity index (χ4n) is 1.15. The minimum absolute atomic E-state index is 0.642. The van der Waals surface area contributed by atoms with Crippen LogP contribution in [0.4, 0.5) is 0 Å². The monoisotopic (exact) mass is 134 g/mol. The van der Waals surface area contributed by atoms with E-state index in [2.05, 4.69) is 43.4 Å². The van der Waals surface area contributed by atoms with Gasteiger partial charge in [-0.05, 0) is 25.7 Å². The average Bonchev–Trinajstić information content (AvgIpc) is 2.17. The second-order valence-corrected chi connectivity index (χ2v) is 2.56. The van der Waals surface area contributed by atoms with Crippen molar-refractivity contribution >= 4 is 0 Å². The van der Waals surface area contributed by atoms with Crippen LogP contribution in [0.3, 0.4) is 0 Å². The molecule has 0 bridgehead atoms. The van der Waals surface area contributed by atoms with Crippen molar-refractivity contribution in [3.05, 3.63) is 36.5 Å². The van der Waals surface area contributed by atoms with Gasteiger partial charge in [0.15, 0.2) is 0 Å². The van der Waals surface area contributed by atoms with E-state index in [9.17, 15) is 0 Å². The predicted molar refractivity (Wildman–Crippen MR) is 45.8 cm³/mol. The van der Waals surface area contributed by atoms with Crippen LogP contribution in [0.25, 0.3) is 0 Å². The summed E-state index contributed by atoms with van der Waals surface area (Å²) < 4.78 is 0. The summed E-state index contributed by atoms with van der Waals surface area (Å²) in [5.74, 6) is 0.642. The Labute approximate surface area is 62.9 Å². The van der Waals surface area contributed by atoms with Crippen molar-refractivity contribution in [2.45, 2.75) is 19.8 Å². The molecule has 0 radical (unpaired) electrons. The molecule has 0 fully saturated rings. The number of hydrogen-bond donors (Lipinski definition) is 0. The third kappa shape index (κ3) is 2.22. The van der Waals surface area contributed by atoms with Crippen LogP contribution < -0.4 is 0 Å². The highest BCUT2D eigenvalue weighted by atomic mass is 14.0. The van der Waals surface area contributed by atoms with Gasteiger partial charge in [0.05, 0.1) is 0 Å². The van der Waals surface area contributed by atoms with Crippen molar-refractivity contribution in [1.82, 2.24) is 0 Å². The standard InChI is InChI=1S/C10H14/c1-2-7-10-8-5-3-4-6-9-10/h2-3,5-7,9-10H,4,8H2,1H3/b7-2+/t10-/m0/s1. The highest BCUT2D eigenvalue weighted by Gasteiger charge is 1.97. The quantitative estimate of drug-likeness (QED) is 0.483. The molecular weight excluding hydrogens is 120 g/mol. The van der Waals surface area contributed by atoms with Gasteiger partial charge in [-0.1, -0.05) is 36.5 Å². The molecule has 0 aromatic carbocycles. The Morgan fingerprint density at radius 3 is 3.00 bits per heavy atom. The number of allylic oxidation sites excluding steroid dienone is 6. The summed E-state index contributed by atoms with van der Waals surface area (Å²) in [5, 5.41) is 0. The van der Waals surface area contributed by atoms with E-state index in [0.29, 0.717) is 5.92 Å². The lowest BCUT2D eigenvalue weighted by Crippen LogP contribution is -1.86. The maximum atomic E-state index is 2.28. The van der Waals surface area contributed by atoms with Gasteiger partial charge in [0.1, 0.15) is 0 Å². The minimum Gasteiger partial charge on any atom is -0.0911 e. The topological polar surface area (TPSA) is 0 Å². The average molecular weight is 134 g/mol. The molecule has 0 spiro atoms. The highest BCUT2D eigenvalue weighted by Crippen LogP contribution is 2.12. The molecule has 0 heterocycles. The molecule has 54 valence electrons. The predicted octanol–water partition coefficient (Wildman–Crippen LogP) is 3.08. The van der Waals surface area contributed by atoms with Gasteiger partial charge in [-0.15, -0.1) is 0 Å². The molecule has 0 aromatic rings. The van der Waals surface area contributed by atoms with Gasteiger partial charge in [-0.3, -0.25) is 0 Å². The Morgan fingerprint density at radius 1 is 1.30 bits per heavy atom. The van der Waals surface area contributed by atoms with Crippen molar-refractivity contribution in [3.8, 4) is 0 Å². The lowest BCUT2D eigenvalue weighted by Gasteiger charge is -1.99. The molecule has 0 unspecified atom stereocenters. The van der Waals surface area contributed by atoms with Gasteiger partial charge >= 0.3 is 0 Å². The molecule has 1 atom stereocenters. The van der Waals surface area contributed by atoms with Crippen LogP contribution in [0, 0.1) is 5.92 Å². The van der Waals surface area contributed by atoms with E-state index in [-0.39, 0.29) is 0 Å². The third-order valence-electron chi connectivity index (χ3n) is 1.67. The maximum absolute atomic E-state index is 2.28. The van der Waals surface area contributed by atoms with Gasteiger partial charge < -0.3 is 0 Å². The van der Waals surface area contributed by atoms with Crippen molar-refractivity contribution < 1.29 is 0 Å².